The molecule has 4 heteroatoms. The average molecular weight is 299 g/mol. The number of hydrogen-bond acceptors (Lipinski definition) is 2. The number of carbonyl (C=O) groups is 1. The zero-order valence-corrected chi connectivity index (χ0v) is 11.9. The Morgan fingerprint density at radius 3 is 2.82 bits per heavy atom. The van der Waals surface area contributed by atoms with Crippen molar-refractivity contribution >= 4 is 21.8 Å². The Kier molecular flexibility index (Phi) is 5.65. The van der Waals surface area contributed by atoms with E-state index in [1.54, 1.807) is 0 Å². The second-order valence-electron chi connectivity index (χ2n) is 4.13. The van der Waals surface area contributed by atoms with Crippen LogP contribution in [0.25, 0.3) is 0 Å². The Bertz CT molecular complexity index is 393. The normalized spacial score (nSPS) is 12.2. The second kappa shape index (κ2) is 6.77. The van der Waals surface area contributed by atoms with Crippen molar-refractivity contribution in [2.45, 2.75) is 32.7 Å². The molecule has 1 rings (SSSR count). The van der Waals surface area contributed by atoms with Gasteiger partial charge in [0.25, 0.3) is 5.91 Å². The zero-order chi connectivity index (χ0) is 12.8. The van der Waals surface area contributed by atoms with Gasteiger partial charge >= 0.3 is 0 Å². The molecule has 0 aromatic heterocycles. The number of nitrogens with two attached hydrogens (primary N) is 1. The molecular weight excluding hydrogens is 280 g/mol. The molecule has 94 valence electrons. The molecule has 0 saturated heterocycles. The van der Waals surface area contributed by atoms with Crippen LogP contribution in [0.1, 0.15) is 35.7 Å². The van der Waals surface area contributed by atoms with Crippen LogP contribution in [0, 0.1) is 6.92 Å². The van der Waals surface area contributed by atoms with Crippen LogP contribution < -0.4 is 11.1 Å². The summed E-state index contributed by atoms with van der Waals surface area (Å²) in [5.41, 5.74) is 7.35. The molecule has 0 aliphatic rings. The summed E-state index contributed by atoms with van der Waals surface area (Å²) in [5, 5.41) is 2.96. The summed E-state index contributed by atoms with van der Waals surface area (Å²) in [4.78, 5) is 12.1. The summed E-state index contributed by atoms with van der Waals surface area (Å²) < 4.78 is 0.852. The van der Waals surface area contributed by atoms with Crippen LogP contribution in [-0.4, -0.2) is 18.5 Å². The van der Waals surface area contributed by atoms with Gasteiger partial charge in [-0.3, -0.25) is 4.79 Å². The fourth-order valence-electron chi connectivity index (χ4n) is 1.68. The van der Waals surface area contributed by atoms with E-state index >= 15 is 0 Å². The molecule has 17 heavy (non-hydrogen) atoms. The number of carbonyl (C=O) groups excluding carboxylic acids is 1. The number of amides is 1. The summed E-state index contributed by atoms with van der Waals surface area (Å²) in [7, 11) is 0. The fraction of sp³-hybridized carbons (Fsp3) is 0.462. The summed E-state index contributed by atoms with van der Waals surface area (Å²) in [6.07, 6.45) is 1.92. The minimum Gasteiger partial charge on any atom is -0.348 e. The Hall–Kier alpha value is -0.870. The van der Waals surface area contributed by atoms with Crippen molar-refractivity contribution in [2.75, 3.05) is 6.54 Å². The Labute approximate surface area is 111 Å². The minimum absolute atomic E-state index is 0.0555. The lowest BCUT2D eigenvalue weighted by Gasteiger charge is -2.16. The molecular formula is C13H19BrN2O. The van der Waals surface area contributed by atoms with E-state index in [-0.39, 0.29) is 11.9 Å². The molecule has 0 spiro atoms. The third kappa shape index (κ3) is 3.82. The highest BCUT2D eigenvalue weighted by Gasteiger charge is 2.14. The predicted octanol–water partition coefficient (Wildman–Crippen LogP) is 2.61. The number of nitrogens with one attached hydrogen (secondary N) is 1. The number of hydrogen-bond donors (Lipinski definition) is 2. The molecule has 1 aromatic rings. The number of benzene rings is 1. The molecule has 0 bridgehead atoms. The van der Waals surface area contributed by atoms with Crippen LogP contribution in [0.4, 0.5) is 0 Å². The highest BCUT2D eigenvalue weighted by molar-refractivity contribution is 9.10. The fourth-order valence-corrected chi connectivity index (χ4v) is 2.13. The van der Waals surface area contributed by atoms with Gasteiger partial charge in [0.1, 0.15) is 0 Å². The summed E-state index contributed by atoms with van der Waals surface area (Å²) in [6, 6.07) is 5.71. The maximum atomic E-state index is 12.1. The lowest BCUT2D eigenvalue weighted by Crippen LogP contribution is -2.40. The van der Waals surface area contributed by atoms with Crippen LogP contribution in [0.2, 0.25) is 0 Å². The van der Waals surface area contributed by atoms with Crippen molar-refractivity contribution in [3.05, 3.63) is 33.8 Å². The smallest absolute Gasteiger partial charge is 0.252 e. The van der Waals surface area contributed by atoms with Crippen LogP contribution in [-0.2, 0) is 0 Å². The lowest BCUT2D eigenvalue weighted by molar-refractivity contribution is 0.0935. The van der Waals surface area contributed by atoms with Crippen LogP contribution in [0.5, 0.6) is 0 Å². The predicted molar refractivity (Wildman–Crippen MR) is 74.1 cm³/mol. The molecule has 1 aromatic carbocycles. The molecule has 0 saturated carbocycles. The maximum Gasteiger partial charge on any atom is 0.252 e. The molecule has 3 nitrogen and oxygen atoms in total. The molecule has 1 atom stereocenters. The second-order valence-corrected chi connectivity index (χ2v) is 4.92. The van der Waals surface area contributed by atoms with Gasteiger partial charge in [0.15, 0.2) is 0 Å². The highest BCUT2D eigenvalue weighted by atomic mass is 79.9. The standard InChI is InChI=1S/C13H19BrN2O/c1-3-5-10(8-15)16-13(17)11-7-4-6-9(2)12(11)14/h4,6-7,10H,3,5,8,15H2,1-2H3,(H,16,17). The molecule has 0 radical (unpaired) electrons. The first-order chi connectivity index (χ1) is 8.10. The number of rotatable bonds is 5. The van der Waals surface area contributed by atoms with Gasteiger partial charge in [-0.2, -0.15) is 0 Å². The van der Waals surface area contributed by atoms with E-state index in [1.807, 2.05) is 25.1 Å². The Balaban J connectivity index is 2.79. The molecule has 3 N–H and O–H groups in total. The van der Waals surface area contributed by atoms with E-state index in [0.29, 0.717) is 12.1 Å². The molecule has 1 amide bonds. The molecule has 0 aliphatic carbocycles. The monoisotopic (exact) mass is 298 g/mol. The highest BCUT2D eigenvalue weighted by Crippen LogP contribution is 2.21. The van der Waals surface area contributed by atoms with Gasteiger partial charge in [-0.05, 0) is 40.9 Å². The Morgan fingerprint density at radius 2 is 2.24 bits per heavy atom. The number of halogens is 1. The first-order valence-corrected chi connectivity index (χ1v) is 6.65. The first kappa shape index (κ1) is 14.2. The van der Waals surface area contributed by atoms with Crippen molar-refractivity contribution in [1.29, 1.82) is 0 Å². The average Bonchev–Trinajstić information content (AvgIpc) is 2.31. The van der Waals surface area contributed by atoms with Gasteiger partial charge in [0, 0.05) is 17.1 Å². The van der Waals surface area contributed by atoms with Gasteiger partial charge in [0.2, 0.25) is 0 Å². The van der Waals surface area contributed by atoms with E-state index in [0.717, 1.165) is 22.9 Å². The van der Waals surface area contributed by atoms with E-state index in [2.05, 4.69) is 28.2 Å². The third-order valence-electron chi connectivity index (χ3n) is 2.69. The SMILES string of the molecule is CCCC(CN)NC(=O)c1cccc(C)c1Br. The van der Waals surface area contributed by atoms with Crippen molar-refractivity contribution < 1.29 is 4.79 Å². The van der Waals surface area contributed by atoms with Gasteiger partial charge < -0.3 is 11.1 Å². The van der Waals surface area contributed by atoms with Crippen LogP contribution in [0.15, 0.2) is 22.7 Å². The van der Waals surface area contributed by atoms with Crippen molar-refractivity contribution in [3.8, 4) is 0 Å². The van der Waals surface area contributed by atoms with Gasteiger partial charge in [0.05, 0.1) is 5.56 Å². The van der Waals surface area contributed by atoms with Crippen molar-refractivity contribution in [3.63, 3.8) is 0 Å². The summed E-state index contributed by atoms with van der Waals surface area (Å²) in [6.45, 7) is 4.52. The largest absolute Gasteiger partial charge is 0.348 e. The van der Waals surface area contributed by atoms with Crippen molar-refractivity contribution in [1.82, 2.24) is 5.32 Å². The molecule has 1 unspecified atom stereocenters. The summed E-state index contributed by atoms with van der Waals surface area (Å²) >= 11 is 3.44. The van der Waals surface area contributed by atoms with Gasteiger partial charge in [-0.15, -0.1) is 0 Å². The van der Waals surface area contributed by atoms with Crippen LogP contribution >= 0.6 is 15.9 Å². The number of aryl methyl sites for hydroxylation is 1. The van der Waals surface area contributed by atoms with E-state index < -0.39 is 0 Å². The zero-order valence-electron chi connectivity index (χ0n) is 10.3. The molecule has 0 heterocycles. The lowest BCUT2D eigenvalue weighted by atomic mass is 10.1. The minimum atomic E-state index is -0.0653. The van der Waals surface area contributed by atoms with Gasteiger partial charge in [-0.1, -0.05) is 25.5 Å². The quantitative estimate of drug-likeness (QED) is 0.878. The van der Waals surface area contributed by atoms with E-state index in [9.17, 15) is 4.79 Å². The maximum absolute atomic E-state index is 12.1. The Morgan fingerprint density at radius 1 is 1.53 bits per heavy atom. The molecule has 0 aliphatic heterocycles. The first-order valence-electron chi connectivity index (χ1n) is 5.86. The summed E-state index contributed by atoms with van der Waals surface area (Å²) in [5.74, 6) is -0.0653. The molecule has 0 fully saturated rings. The van der Waals surface area contributed by atoms with E-state index in [4.69, 9.17) is 5.73 Å². The third-order valence-corrected chi connectivity index (χ3v) is 3.75. The van der Waals surface area contributed by atoms with Crippen molar-refractivity contribution in [2.24, 2.45) is 5.73 Å². The van der Waals surface area contributed by atoms with Crippen LogP contribution in [0.3, 0.4) is 0 Å². The van der Waals surface area contributed by atoms with E-state index in [1.165, 1.54) is 0 Å². The topological polar surface area (TPSA) is 55.1 Å². The van der Waals surface area contributed by atoms with Gasteiger partial charge in [-0.25, -0.2) is 0 Å².